The summed E-state index contributed by atoms with van der Waals surface area (Å²) in [5, 5.41) is 3.96. The first kappa shape index (κ1) is 20.1. The Balaban J connectivity index is 1.83. The van der Waals surface area contributed by atoms with E-state index in [4.69, 9.17) is 11.6 Å². The molecule has 0 aliphatic heterocycles. The molecule has 2 heterocycles. The molecule has 10 heteroatoms. The van der Waals surface area contributed by atoms with Crippen LogP contribution in [0.4, 0.5) is 0 Å². The Labute approximate surface area is 169 Å². The fraction of sp³-hybridized carbons (Fsp3) is 0.278. The van der Waals surface area contributed by atoms with Crippen LogP contribution in [0.2, 0.25) is 5.02 Å². The SMILES string of the molecule is Cc1nc(SCC(=O)NCc2ccccc2Cl)c2c(=O)n(C)c(=O)n(C)c2n1. The fourth-order valence-corrected chi connectivity index (χ4v) is 3.75. The van der Waals surface area contributed by atoms with E-state index in [-0.39, 0.29) is 22.7 Å². The minimum atomic E-state index is -0.489. The lowest BCUT2D eigenvalue weighted by Gasteiger charge is -2.11. The molecule has 8 nitrogen and oxygen atoms in total. The number of amides is 1. The normalized spacial score (nSPS) is 11.0. The predicted octanol–water partition coefficient (Wildman–Crippen LogP) is 1.40. The maximum absolute atomic E-state index is 12.6. The Kier molecular flexibility index (Phi) is 5.85. The molecule has 0 spiro atoms. The molecule has 1 aromatic carbocycles. The number of fused-ring (bicyclic) bond motifs is 1. The van der Waals surface area contributed by atoms with Crippen molar-refractivity contribution in [2.75, 3.05) is 5.75 Å². The lowest BCUT2D eigenvalue weighted by molar-refractivity contribution is -0.118. The van der Waals surface area contributed by atoms with Gasteiger partial charge in [-0.25, -0.2) is 14.8 Å². The summed E-state index contributed by atoms with van der Waals surface area (Å²) in [4.78, 5) is 45.5. The summed E-state index contributed by atoms with van der Waals surface area (Å²) < 4.78 is 2.30. The third kappa shape index (κ3) is 3.95. The van der Waals surface area contributed by atoms with Crippen molar-refractivity contribution in [3.63, 3.8) is 0 Å². The van der Waals surface area contributed by atoms with Crippen LogP contribution in [0.1, 0.15) is 11.4 Å². The van der Waals surface area contributed by atoms with Gasteiger partial charge in [-0.3, -0.25) is 18.7 Å². The standard InChI is InChI=1S/C18H18ClN5O3S/c1-10-21-15-14(17(26)24(3)18(27)23(15)2)16(22-10)28-9-13(25)20-8-11-6-4-5-7-12(11)19/h4-7H,8-9H2,1-3H3,(H,20,25). The molecule has 3 rings (SSSR count). The molecule has 0 aliphatic carbocycles. The van der Waals surface area contributed by atoms with Gasteiger partial charge < -0.3 is 5.32 Å². The number of nitrogens with zero attached hydrogens (tertiary/aromatic N) is 4. The fourth-order valence-electron chi connectivity index (χ4n) is 2.66. The van der Waals surface area contributed by atoms with E-state index in [1.807, 2.05) is 18.2 Å². The average Bonchev–Trinajstić information content (AvgIpc) is 2.68. The van der Waals surface area contributed by atoms with Crippen molar-refractivity contribution in [3.8, 4) is 0 Å². The molecule has 2 aromatic heterocycles. The number of rotatable bonds is 5. The number of aryl methyl sites for hydroxylation is 2. The van der Waals surface area contributed by atoms with Crippen molar-refractivity contribution >= 4 is 40.3 Å². The smallest absolute Gasteiger partial charge is 0.332 e. The molecule has 0 saturated heterocycles. The summed E-state index contributed by atoms with van der Waals surface area (Å²) in [6, 6.07) is 7.26. The first-order valence-corrected chi connectivity index (χ1v) is 9.73. The molecule has 0 fully saturated rings. The van der Waals surface area contributed by atoms with Gasteiger partial charge in [-0.15, -0.1) is 0 Å². The van der Waals surface area contributed by atoms with Crippen molar-refractivity contribution in [3.05, 3.63) is 61.5 Å². The van der Waals surface area contributed by atoms with Crippen molar-refractivity contribution in [2.45, 2.75) is 18.5 Å². The zero-order chi connectivity index (χ0) is 20.4. The number of carbonyl (C=O) groups is 1. The van der Waals surface area contributed by atoms with Gasteiger partial charge in [-0.1, -0.05) is 41.6 Å². The maximum atomic E-state index is 12.6. The third-order valence-corrected chi connectivity index (χ3v) is 5.50. The van der Waals surface area contributed by atoms with Gasteiger partial charge in [0.05, 0.1) is 5.75 Å². The highest BCUT2D eigenvalue weighted by Gasteiger charge is 2.17. The van der Waals surface area contributed by atoms with Gasteiger partial charge in [0.25, 0.3) is 5.56 Å². The van der Waals surface area contributed by atoms with Gasteiger partial charge in [-0.05, 0) is 18.6 Å². The molecular weight excluding hydrogens is 402 g/mol. The predicted molar refractivity (Wildman–Crippen MR) is 109 cm³/mol. The van der Waals surface area contributed by atoms with E-state index < -0.39 is 11.2 Å². The lowest BCUT2D eigenvalue weighted by atomic mass is 10.2. The average molecular weight is 420 g/mol. The number of nitrogens with one attached hydrogen (secondary N) is 1. The second-order valence-corrected chi connectivity index (χ2v) is 7.51. The van der Waals surface area contributed by atoms with Gasteiger partial charge in [-0.2, -0.15) is 0 Å². The van der Waals surface area contributed by atoms with E-state index in [1.165, 1.54) is 11.6 Å². The van der Waals surface area contributed by atoms with Gasteiger partial charge in [0.1, 0.15) is 16.2 Å². The zero-order valence-corrected chi connectivity index (χ0v) is 17.1. The molecule has 0 bridgehead atoms. The number of benzene rings is 1. The molecule has 28 heavy (non-hydrogen) atoms. The molecule has 146 valence electrons. The summed E-state index contributed by atoms with van der Waals surface area (Å²) >= 11 is 7.21. The molecule has 1 amide bonds. The van der Waals surface area contributed by atoms with Crippen molar-refractivity contribution < 1.29 is 4.79 Å². The molecule has 0 atom stereocenters. The summed E-state index contributed by atoms with van der Waals surface area (Å²) in [6.07, 6.45) is 0. The lowest BCUT2D eigenvalue weighted by Crippen LogP contribution is -2.37. The maximum Gasteiger partial charge on any atom is 0.332 e. The molecule has 0 saturated carbocycles. The van der Waals surface area contributed by atoms with E-state index in [0.717, 1.165) is 21.9 Å². The second-order valence-electron chi connectivity index (χ2n) is 6.14. The topological polar surface area (TPSA) is 98.9 Å². The summed E-state index contributed by atoms with van der Waals surface area (Å²) in [5.74, 6) is 0.243. The summed E-state index contributed by atoms with van der Waals surface area (Å²) in [7, 11) is 2.94. The molecular formula is C18H18ClN5O3S. The highest BCUT2D eigenvalue weighted by molar-refractivity contribution is 8.00. The van der Waals surface area contributed by atoms with Gasteiger partial charge >= 0.3 is 5.69 Å². The Morgan fingerprint density at radius 2 is 1.89 bits per heavy atom. The van der Waals surface area contributed by atoms with Gasteiger partial charge in [0.15, 0.2) is 5.65 Å². The van der Waals surface area contributed by atoms with Crippen LogP contribution in [0.5, 0.6) is 0 Å². The molecule has 0 aliphatic rings. The first-order chi connectivity index (χ1) is 13.3. The Hall–Kier alpha value is -2.65. The van der Waals surface area contributed by atoms with Crippen LogP contribution in [-0.2, 0) is 25.4 Å². The van der Waals surface area contributed by atoms with Crippen LogP contribution < -0.4 is 16.6 Å². The van der Waals surface area contributed by atoms with Crippen molar-refractivity contribution in [1.29, 1.82) is 0 Å². The number of thioether (sulfide) groups is 1. The highest BCUT2D eigenvalue weighted by atomic mass is 35.5. The number of halogens is 1. The van der Waals surface area contributed by atoms with E-state index in [1.54, 1.807) is 20.0 Å². The van der Waals surface area contributed by atoms with Crippen LogP contribution >= 0.6 is 23.4 Å². The summed E-state index contributed by atoms with van der Waals surface area (Å²) in [5.41, 5.74) is 0.107. The monoisotopic (exact) mass is 419 g/mol. The van der Waals surface area contributed by atoms with Gasteiger partial charge in [0, 0.05) is 25.7 Å². The Bertz CT molecular complexity index is 1190. The van der Waals surface area contributed by atoms with Crippen LogP contribution in [0.3, 0.4) is 0 Å². The summed E-state index contributed by atoms with van der Waals surface area (Å²) in [6.45, 7) is 1.97. The van der Waals surface area contributed by atoms with Gasteiger partial charge in [0.2, 0.25) is 5.91 Å². The second kappa shape index (κ2) is 8.15. The van der Waals surface area contributed by atoms with E-state index >= 15 is 0 Å². The number of hydrogen-bond donors (Lipinski definition) is 1. The minimum Gasteiger partial charge on any atom is -0.351 e. The third-order valence-electron chi connectivity index (χ3n) is 4.15. The largest absolute Gasteiger partial charge is 0.351 e. The molecule has 1 N–H and O–H groups in total. The van der Waals surface area contributed by atoms with E-state index in [0.29, 0.717) is 22.4 Å². The minimum absolute atomic E-state index is 0.0575. The number of carbonyl (C=O) groups excluding carboxylic acids is 1. The number of hydrogen-bond acceptors (Lipinski definition) is 6. The highest BCUT2D eigenvalue weighted by Crippen LogP contribution is 2.22. The van der Waals surface area contributed by atoms with Crippen LogP contribution in [0, 0.1) is 6.92 Å². The number of aromatic nitrogens is 4. The quantitative estimate of drug-likeness (QED) is 0.495. The van der Waals surface area contributed by atoms with E-state index in [9.17, 15) is 14.4 Å². The zero-order valence-electron chi connectivity index (χ0n) is 15.5. The molecule has 0 unspecified atom stereocenters. The Morgan fingerprint density at radius 1 is 1.18 bits per heavy atom. The van der Waals surface area contributed by atoms with Crippen LogP contribution in [0.25, 0.3) is 11.0 Å². The molecule has 3 aromatic rings. The van der Waals surface area contributed by atoms with Crippen molar-refractivity contribution in [1.82, 2.24) is 24.4 Å². The molecule has 0 radical (unpaired) electrons. The van der Waals surface area contributed by atoms with Crippen LogP contribution in [0.15, 0.2) is 38.9 Å². The van der Waals surface area contributed by atoms with Crippen LogP contribution in [-0.4, -0.2) is 30.8 Å². The van der Waals surface area contributed by atoms with E-state index in [2.05, 4.69) is 15.3 Å². The first-order valence-electron chi connectivity index (χ1n) is 8.37. The Morgan fingerprint density at radius 3 is 2.61 bits per heavy atom. The van der Waals surface area contributed by atoms with Crippen molar-refractivity contribution in [2.24, 2.45) is 14.1 Å².